The number of hydrogen-bond acceptors (Lipinski definition) is 5. The zero-order valence-corrected chi connectivity index (χ0v) is 25.5. The number of rotatable bonds is 10. The van der Waals surface area contributed by atoms with Crippen LogP contribution in [0.25, 0.3) is 12.2 Å². The topological polar surface area (TPSA) is 130 Å². The summed E-state index contributed by atoms with van der Waals surface area (Å²) in [7, 11) is 0. The number of aromatic nitrogens is 1. The van der Waals surface area contributed by atoms with E-state index >= 15 is 0 Å². The number of benzene rings is 1. The summed E-state index contributed by atoms with van der Waals surface area (Å²) in [5.74, 6) is -1.32. The van der Waals surface area contributed by atoms with Crippen molar-refractivity contribution in [2.45, 2.75) is 46.3 Å². The van der Waals surface area contributed by atoms with Crippen molar-refractivity contribution >= 4 is 29.9 Å². The number of likely N-dealkylation sites (N-methyl/N-ethyl adjacent to an activating group) is 1. The number of hydrogen-bond donors (Lipinski definition) is 4. The normalized spacial score (nSPS) is 17.4. The third-order valence-corrected chi connectivity index (χ3v) is 7.82. The molecule has 1 saturated heterocycles. The molecule has 1 aliphatic heterocycles. The molecule has 3 amide bonds. The van der Waals surface area contributed by atoms with Crippen LogP contribution in [0.15, 0.2) is 58.8 Å². The van der Waals surface area contributed by atoms with E-state index < -0.39 is 23.7 Å². The summed E-state index contributed by atoms with van der Waals surface area (Å²) in [6, 6.07) is 5.50. The summed E-state index contributed by atoms with van der Waals surface area (Å²) in [5, 5.41) is 18.1. The Balaban J connectivity index is 1.53. The smallest absolute Gasteiger partial charge is 0.358 e. The van der Waals surface area contributed by atoms with Gasteiger partial charge < -0.3 is 25.8 Å². The van der Waals surface area contributed by atoms with Gasteiger partial charge in [-0.15, -0.1) is 0 Å². The molecule has 45 heavy (non-hydrogen) atoms. The molecule has 4 N–H and O–H groups in total. The van der Waals surface area contributed by atoms with Gasteiger partial charge in [0.1, 0.15) is 11.6 Å². The molecule has 1 aromatic carbocycles. The van der Waals surface area contributed by atoms with Crippen LogP contribution in [0.1, 0.15) is 58.7 Å². The number of H-pyrrole nitrogens is 1. The lowest BCUT2D eigenvalue weighted by molar-refractivity contribution is -0.137. The number of nitriles is 1. The number of alkyl halides is 3. The number of fused-ring (bicyclic) bond motifs is 1. The second-order valence-electron chi connectivity index (χ2n) is 10.8. The molecule has 2 aliphatic rings. The third-order valence-electron chi connectivity index (χ3n) is 7.82. The minimum atomic E-state index is -4.56. The molecule has 1 unspecified atom stereocenters. The zero-order chi connectivity index (χ0) is 32.9. The average molecular weight is 621 g/mol. The van der Waals surface area contributed by atoms with Crippen molar-refractivity contribution < 1.29 is 27.6 Å². The first-order valence-corrected chi connectivity index (χ1v) is 14.6. The molecule has 0 radical (unpaired) electrons. The maximum absolute atomic E-state index is 13.1. The van der Waals surface area contributed by atoms with Crippen molar-refractivity contribution in [2.24, 2.45) is 0 Å². The number of aromatic amines is 1. The molecule has 9 nitrogen and oxygen atoms in total. The van der Waals surface area contributed by atoms with Gasteiger partial charge >= 0.3 is 6.18 Å². The maximum Gasteiger partial charge on any atom is 0.416 e. The number of carbonyl (C=O) groups excluding carboxylic acids is 3. The van der Waals surface area contributed by atoms with Crippen LogP contribution in [-0.4, -0.2) is 59.8 Å². The number of nitrogens with zero attached hydrogens (tertiary/aromatic N) is 2. The van der Waals surface area contributed by atoms with Gasteiger partial charge in [0.25, 0.3) is 17.7 Å². The fourth-order valence-electron chi connectivity index (χ4n) is 5.35. The average Bonchev–Trinajstić information content (AvgIpc) is 3.46. The molecule has 2 aromatic rings. The summed E-state index contributed by atoms with van der Waals surface area (Å²) in [6.45, 7) is 10.7. The number of aryl methyl sites for hydroxylation is 1. The summed E-state index contributed by atoms with van der Waals surface area (Å²) in [6.07, 6.45) is 1.97. The van der Waals surface area contributed by atoms with E-state index in [1.165, 1.54) is 12.1 Å². The number of nitrogens with one attached hydrogen (secondary N) is 4. The van der Waals surface area contributed by atoms with E-state index in [1.807, 2.05) is 0 Å². The Morgan fingerprint density at radius 1 is 1.20 bits per heavy atom. The second kappa shape index (κ2) is 13.8. The molecule has 1 aromatic heterocycles. The Morgan fingerprint density at radius 2 is 1.93 bits per heavy atom. The first kappa shape index (κ1) is 33.0. The lowest BCUT2D eigenvalue weighted by Gasteiger charge is -2.19. The van der Waals surface area contributed by atoms with Crippen LogP contribution in [0.3, 0.4) is 0 Å². The quantitative estimate of drug-likeness (QED) is 0.229. The molecule has 0 bridgehead atoms. The first-order valence-electron chi connectivity index (χ1n) is 14.6. The SMILES string of the molecule is CCN(CC)CCNC(=O)c1c(C)[nH]c(/C=C2\C(=O)NC3=CCC(NC(=O)/C(C#N)=C/c4cccc(C(F)(F)F)c4)C=C32)c1C. The van der Waals surface area contributed by atoms with Gasteiger partial charge in [0.2, 0.25) is 0 Å². The van der Waals surface area contributed by atoms with Crippen LogP contribution in [0, 0.1) is 25.2 Å². The Kier molecular flexibility index (Phi) is 10.1. The van der Waals surface area contributed by atoms with Gasteiger partial charge in [0, 0.05) is 35.7 Å². The Labute approximate surface area is 259 Å². The lowest BCUT2D eigenvalue weighted by atomic mass is 9.95. The molecule has 0 spiro atoms. The maximum atomic E-state index is 13.1. The highest BCUT2D eigenvalue weighted by molar-refractivity contribution is 6.09. The van der Waals surface area contributed by atoms with Crippen LogP contribution in [0.5, 0.6) is 0 Å². The van der Waals surface area contributed by atoms with Gasteiger partial charge in [-0.1, -0.05) is 38.1 Å². The predicted molar refractivity (Wildman–Crippen MR) is 164 cm³/mol. The lowest BCUT2D eigenvalue weighted by Crippen LogP contribution is -2.35. The summed E-state index contributed by atoms with van der Waals surface area (Å²) in [4.78, 5) is 44.3. The van der Waals surface area contributed by atoms with Crippen LogP contribution in [-0.2, 0) is 15.8 Å². The Hall–Kier alpha value is -4.89. The highest BCUT2D eigenvalue weighted by Gasteiger charge is 2.32. The molecule has 4 rings (SSSR count). The largest absolute Gasteiger partial charge is 0.416 e. The highest BCUT2D eigenvalue weighted by Crippen LogP contribution is 2.33. The molecular weight excluding hydrogens is 585 g/mol. The van der Waals surface area contributed by atoms with Crippen LogP contribution >= 0.6 is 0 Å². The molecule has 12 heteroatoms. The number of halogens is 3. The summed E-state index contributed by atoms with van der Waals surface area (Å²) < 4.78 is 39.3. The van der Waals surface area contributed by atoms with Crippen LogP contribution in [0.2, 0.25) is 0 Å². The van der Waals surface area contributed by atoms with E-state index in [9.17, 15) is 32.8 Å². The fourth-order valence-corrected chi connectivity index (χ4v) is 5.35. The van der Waals surface area contributed by atoms with Crippen LogP contribution in [0.4, 0.5) is 13.2 Å². The van der Waals surface area contributed by atoms with E-state index in [1.54, 1.807) is 38.1 Å². The monoisotopic (exact) mass is 620 g/mol. The van der Waals surface area contributed by atoms with E-state index in [0.29, 0.717) is 52.3 Å². The molecule has 1 fully saturated rings. The Bertz CT molecular complexity index is 1670. The van der Waals surface area contributed by atoms with Crippen molar-refractivity contribution in [3.05, 3.63) is 92.5 Å². The van der Waals surface area contributed by atoms with Crippen molar-refractivity contribution in [2.75, 3.05) is 26.2 Å². The van der Waals surface area contributed by atoms with Gasteiger partial charge in [0.05, 0.1) is 22.7 Å². The standard InChI is InChI=1S/C33H35F3N6O3/c1-5-42(6-2)13-12-38-32(45)29-19(3)28(39-20(29)4)17-26-25-16-24(10-11-27(25)41-31(26)44)40-30(43)22(18-37)14-21-8-7-9-23(15-21)33(34,35)36/h7-9,11,14-17,24,39H,5-6,10,12-13H2,1-4H3,(H,38,45)(H,40,43)(H,41,44)/b22-14+,26-17-. The van der Waals surface area contributed by atoms with Crippen molar-refractivity contribution in [1.82, 2.24) is 25.8 Å². The van der Waals surface area contributed by atoms with Crippen molar-refractivity contribution in [3.8, 4) is 6.07 Å². The zero-order valence-electron chi connectivity index (χ0n) is 25.5. The minimum absolute atomic E-state index is 0.0602. The van der Waals surface area contributed by atoms with Crippen molar-refractivity contribution in [1.29, 1.82) is 5.26 Å². The van der Waals surface area contributed by atoms with Crippen molar-refractivity contribution in [3.63, 3.8) is 0 Å². The first-order chi connectivity index (χ1) is 21.4. The fraction of sp³-hybridized carbons (Fsp3) is 0.333. The van der Waals surface area contributed by atoms with Gasteiger partial charge in [-0.05, 0) is 68.8 Å². The number of amides is 3. The van der Waals surface area contributed by atoms with E-state index in [-0.39, 0.29) is 23.0 Å². The van der Waals surface area contributed by atoms with Gasteiger partial charge in [-0.25, -0.2) is 0 Å². The Morgan fingerprint density at radius 3 is 2.60 bits per heavy atom. The van der Waals surface area contributed by atoms with Gasteiger partial charge in [0.15, 0.2) is 0 Å². The van der Waals surface area contributed by atoms with Crippen LogP contribution < -0.4 is 16.0 Å². The highest BCUT2D eigenvalue weighted by atomic mass is 19.4. The summed E-state index contributed by atoms with van der Waals surface area (Å²) in [5.41, 5.74) is 2.71. The minimum Gasteiger partial charge on any atom is -0.358 e. The van der Waals surface area contributed by atoms with E-state index in [0.717, 1.165) is 37.8 Å². The molecular formula is C33H35F3N6O3. The predicted octanol–water partition coefficient (Wildman–Crippen LogP) is 4.54. The molecule has 236 valence electrons. The van der Waals surface area contributed by atoms with Gasteiger partial charge in [-0.3, -0.25) is 14.4 Å². The molecule has 1 atom stereocenters. The number of carbonyl (C=O) groups is 3. The van der Waals surface area contributed by atoms with E-state index in [4.69, 9.17) is 0 Å². The van der Waals surface area contributed by atoms with Gasteiger partial charge in [-0.2, -0.15) is 18.4 Å². The molecule has 2 heterocycles. The number of allylic oxidation sites excluding steroid dienone is 1. The molecule has 0 saturated carbocycles. The third kappa shape index (κ3) is 7.61. The second-order valence-corrected chi connectivity index (χ2v) is 10.8. The van der Waals surface area contributed by atoms with E-state index in [2.05, 4.69) is 39.7 Å². The molecule has 1 aliphatic carbocycles. The summed E-state index contributed by atoms with van der Waals surface area (Å²) >= 11 is 0.